The summed E-state index contributed by atoms with van der Waals surface area (Å²) in [6, 6.07) is 26.1. The van der Waals surface area contributed by atoms with Crippen LogP contribution in [0.5, 0.6) is 5.75 Å². The van der Waals surface area contributed by atoms with Crippen LogP contribution in [0.2, 0.25) is 0 Å². The highest BCUT2D eigenvalue weighted by Gasteiger charge is 2.10. The molecule has 1 unspecified atom stereocenters. The maximum absolute atomic E-state index is 6.20. The minimum Gasteiger partial charge on any atom is -0.494 e. The third-order valence-electron chi connectivity index (χ3n) is 8.17. The first-order valence-electron chi connectivity index (χ1n) is 16.8. The molecule has 0 fully saturated rings. The van der Waals surface area contributed by atoms with Gasteiger partial charge in [-0.3, -0.25) is 0 Å². The summed E-state index contributed by atoms with van der Waals surface area (Å²) in [5.41, 5.74) is 6.18. The second kappa shape index (κ2) is 20.3. The van der Waals surface area contributed by atoms with Crippen molar-refractivity contribution in [3.05, 3.63) is 78.4 Å². The van der Waals surface area contributed by atoms with Gasteiger partial charge in [-0.15, -0.1) is 0 Å². The maximum Gasteiger partial charge on any atom is 0.119 e. The van der Waals surface area contributed by atoms with E-state index in [9.17, 15) is 0 Å². The fourth-order valence-corrected chi connectivity index (χ4v) is 5.46. The summed E-state index contributed by atoms with van der Waals surface area (Å²) in [7, 11) is 0. The lowest BCUT2D eigenvalue weighted by molar-refractivity contribution is 0.0627. The second-order valence-electron chi connectivity index (χ2n) is 11.6. The van der Waals surface area contributed by atoms with E-state index < -0.39 is 0 Å². The highest BCUT2D eigenvalue weighted by atomic mass is 16.5. The summed E-state index contributed by atoms with van der Waals surface area (Å²) in [5.74, 6) is 0.942. The van der Waals surface area contributed by atoms with Gasteiger partial charge in [-0.05, 0) is 59.7 Å². The molecule has 0 aliphatic rings. The topological polar surface area (TPSA) is 18.5 Å². The SMILES string of the molecule is CCCCCCCCCCCCCCCOC(C)c1ccc(-c2ccccc2-c2ccc(OCCCC)cc2)cc1. The van der Waals surface area contributed by atoms with E-state index >= 15 is 0 Å². The summed E-state index contributed by atoms with van der Waals surface area (Å²) in [6.07, 6.45) is 20.3. The first kappa shape index (κ1) is 32.9. The highest BCUT2D eigenvalue weighted by Crippen LogP contribution is 2.33. The first-order valence-corrected chi connectivity index (χ1v) is 16.8. The molecular weight excluding hydrogens is 500 g/mol. The van der Waals surface area contributed by atoms with E-state index in [1.165, 1.54) is 105 Å². The van der Waals surface area contributed by atoms with E-state index in [0.717, 1.165) is 38.2 Å². The van der Waals surface area contributed by atoms with Gasteiger partial charge in [0, 0.05) is 6.61 Å². The number of hydrogen-bond donors (Lipinski definition) is 0. The van der Waals surface area contributed by atoms with Gasteiger partial charge >= 0.3 is 0 Å². The normalized spacial score (nSPS) is 12.0. The van der Waals surface area contributed by atoms with Gasteiger partial charge in [-0.2, -0.15) is 0 Å². The van der Waals surface area contributed by atoms with E-state index in [0.29, 0.717) is 0 Å². The van der Waals surface area contributed by atoms with E-state index in [2.05, 4.69) is 93.6 Å². The molecule has 1 atom stereocenters. The molecule has 41 heavy (non-hydrogen) atoms. The van der Waals surface area contributed by atoms with E-state index in [-0.39, 0.29) is 6.10 Å². The van der Waals surface area contributed by atoms with Crippen molar-refractivity contribution in [2.24, 2.45) is 0 Å². The maximum atomic E-state index is 6.20. The molecule has 0 bridgehead atoms. The first-order chi connectivity index (χ1) is 20.2. The lowest BCUT2D eigenvalue weighted by Gasteiger charge is -2.15. The van der Waals surface area contributed by atoms with E-state index in [4.69, 9.17) is 9.47 Å². The Morgan fingerprint density at radius 1 is 0.488 bits per heavy atom. The van der Waals surface area contributed by atoms with Crippen LogP contribution in [0, 0.1) is 0 Å². The van der Waals surface area contributed by atoms with Gasteiger partial charge in [0.15, 0.2) is 0 Å². The van der Waals surface area contributed by atoms with Crippen LogP contribution in [0.1, 0.15) is 129 Å². The third kappa shape index (κ3) is 12.4. The molecule has 0 N–H and O–H groups in total. The number of ether oxygens (including phenoxy) is 2. The number of benzene rings is 3. The Morgan fingerprint density at radius 2 is 0.951 bits per heavy atom. The van der Waals surface area contributed by atoms with Crippen LogP contribution >= 0.6 is 0 Å². The average Bonchev–Trinajstić information content (AvgIpc) is 3.02. The standard InChI is InChI=1S/C39H56O2/c1-4-6-8-9-10-11-12-13-14-15-16-17-20-32-40-33(3)34-23-25-35(26-24-34)38-21-18-19-22-39(38)36-27-29-37(30-28-36)41-31-7-5-2/h18-19,21-30,33H,4-17,20,31-32H2,1-3H3. The molecule has 0 heterocycles. The largest absolute Gasteiger partial charge is 0.494 e. The molecule has 0 amide bonds. The van der Waals surface area contributed by atoms with Gasteiger partial charge in [0.05, 0.1) is 12.7 Å². The molecule has 0 aromatic heterocycles. The van der Waals surface area contributed by atoms with Crippen molar-refractivity contribution in [2.75, 3.05) is 13.2 Å². The minimum atomic E-state index is 0.122. The average molecular weight is 557 g/mol. The summed E-state index contributed by atoms with van der Waals surface area (Å²) in [5, 5.41) is 0. The Hall–Kier alpha value is -2.58. The van der Waals surface area contributed by atoms with Crippen molar-refractivity contribution in [1.29, 1.82) is 0 Å². The van der Waals surface area contributed by atoms with Gasteiger partial charge in [0.25, 0.3) is 0 Å². The quantitative estimate of drug-likeness (QED) is 0.115. The molecule has 0 spiro atoms. The summed E-state index contributed by atoms with van der Waals surface area (Å²) >= 11 is 0. The van der Waals surface area contributed by atoms with Gasteiger partial charge in [-0.25, -0.2) is 0 Å². The molecule has 2 nitrogen and oxygen atoms in total. The summed E-state index contributed by atoms with van der Waals surface area (Å²) < 4.78 is 12.1. The van der Waals surface area contributed by atoms with Crippen molar-refractivity contribution in [3.63, 3.8) is 0 Å². The van der Waals surface area contributed by atoms with E-state index in [1.807, 2.05) is 0 Å². The molecular formula is C39H56O2. The molecule has 2 heteroatoms. The lowest BCUT2D eigenvalue weighted by atomic mass is 9.94. The minimum absolute atomic E-state index is 0.122. The molecule has 224 valence electrons. The number of unbranched alkanes of at least 4 members (excludes halogenated alkanes) is 13. The van der Waals surface area contributed by atoms with Crippen molar-refractivity contribution >= 4 is 0 Å². The summed E-state index contributed by atoms with van der Waals surface area (Å²) in [4.78, 5) is 0. The van der Waals surface area contributed by atoms with Crippen molar-refractivity contribution in [2.45, 2.75) is 123 Å². The second-order valence-corrected chi connectivity index (χ2v) is 11.6. The van der Waals surface area contributed by atoms with E-state index in [1.54, 1.807) is 0 Å². The monoisotopic (exact) mass is 556 g/mol. The Morgan fingerprint density at radius 3 is 1.46 bits per heavy atom. The zero-order chi connectivity index (χ0) is 29.0. The van der Waals surface area contributed by atoms with Crippen molar-refractivity contribution in [1.82, 2.24) is 0 Å². The van der Waals surface area contributed by atoms with Crippen LogP contribution in [-0.4, -0.2) is 13.2 Å². The van der Waals surface area contributed by atoms with Crippen LogP contribution in [-0.2, 0) is 4.74 Å². The molecule has 3 rings (SSSR count). The number of rotatable bonds is 22. The number of hydrogen-bond acceptors (Lipinski definition) is 2. The van der Waals surface area contributed by atoms with Crippen LogP contribution < -0.4 is 4.74 Å². The molecule has 0 saturated carbocycles. The predicted octanol–water partition coefficient (Wildman–Crippen LogP) is 12.4. The molecule has 0 saturated heterocycles. The van der Waals surface area contributed by atoms with Crippen LogP contribution in [0.3, 0.4) is 0 Å². The van der Waals surface area contributed by atoms with Gasteiger partial charge < -0.3 is 9.47 Å². The Bertz CT molecular complexity index is 1050. The van der Waals surface area contributed by atoms with Gasteiger partial charge in [-0.1, -0.05) is 158 Å². The van der Waals surface area contributed by atoms with Crippen LogP contribution in [0.15, 0.2) is 72.8 Å². The molecule has 0 aliphatic carbocycles. The lowest BCUT2D eigenvalue weighted by Crippen LogP contribution is -2.02. The Balaban J connectivity index is 1.36. The predicted molar refractivity (Wildman–Crippen MR) is 178 cm³/mol. The zero-order valence-corrected chi connectivity index (χ0v) is 26.3. The molecule has 3 aromatic rings. The Labute approximate surface area is 251 Å². The summed E-state index contributed by atoms with van der Waals surface area (Å²) in [6.45, 7) is 8.28. The zero-order valence-electron chi connectivity index (χ0n) is 26.3. The van der Waals surface area contributed by atoms with Crippen molar-refractivity contribution in [3.8, 4) is 28.0 Å². The van der Waals surface area contributed by atoms with Gasteiger partial charge in [0.1, 0.15) is 5.75 Å². The van der Waals surface area contributed by atoms with Crippen LogP contribution in [0.4, 0.5) is 0 Å². The Kier molecular flexibility index (Phi) is 16.3. The fraction of sp³-hybridized carbons (Fsp3) is 0.538. The van der Waals surface area contributed by atoms with Crippen molar-refractivity contribution < 1.29 is 9.47 Å². The van der Waals surface area contributed by atoms with Gasteiger partial charge in [0.2, 0.25) is 0 Å². The molecule has 3 aromatic carbocycles. The molecule has 0 aliphatic heterocycles. The highest BCUT2D eigenvalue weighted by molar-refractivity contribution is 5.83. The van der Waals surface area contributed by atoms with Crippen LogP contribution in [0.25, 0.3) is 22.3 Å². The third-order valence-corrected chi connectivity index (χ3v) is 8.17. The molecule has 0 radical (unpaired) electrons. The fourth-order valence-electron chi connectivity index (χ4n) is 5.46. The smallest absolute Gasteiger partial charge is 0.119 e.